The number of rotatable bonds is 6. The predicted octanol–water partition coefficient (Wildman–Crippen LogP) is 2.86. The molecule has 2 rings (SSSR count). The molecule has 0 radical (unpaired) electrons. The van der Waals surface area contributed by atoms with Crippen LogP contribution >= 0.6 is 11.3 Å². The van der Waals surface area contributed by atoms with E-state index in [0.717, 1.165) is 0 Å². The number of nitrogens with one attached hydrogen (secondary N) is 1. The van der Waals surface area contributed by atoms with Gasteiger partial charge < -0.3 is 15.0 Å². The first-order chi connectivity index (χ1) is 10.6. The van der Waals surface area contributed by atoms with Crippen molar-refractivity contribution in [3.63, 3.8) is 0 Å². The van der Waals surface area contributed by atoms with E-state index in [2.05, 4.69) is 5.32 Å². The molecule has 2 amide bonds. The number of nitrogens with zero attached hydrogens (tertiary/aromatic N) is 1. The van der Waals surface area contributed by atoms with Crippen LogP contribution in [-0.4, -0.2) is 36.9 Å². The number of hydrogen-bond acceptors (Lipinski definition) is 4. The van der Waals surface area contributed by atoms with Crippen molar-refractivity contribution in [3.8, 4) is 5.75 Å². The normalized spacial score (nSPS) is 10.1. The van der Waals surface area contributed by atoms with Crippen molar-refractivity contribution >= 4 is 28.8 Å². The molecule has 0 saturated carbocycles. The van der Waals surface area contributed by atoms with Crippen LogP contribution in [0.5, 0.6) is 5.75 Å². The fourth-order valence-electron chi connectivity index (χ4n) is 1.97. The van der Waals surface area contributed by atoms with Crippen LogP contribution in [0.2, 0.25) is 0 Å². The molecular weight excluding hydrogens is 300 g/mol. The van der Waals surface area contributed by atoms with E-state index in [4.69, 9.17) is 4.74 Å². The number of methoxy groups -OCH3 is 1. The maximum atomic E-state index is 12.3. The lowest BCUT2D eigenvalue weighted by Crippen LogP contribution is -2.37. The summed E-state index contributed by atoms with van der Waals surface area (Å²) in [6.45, 7) is 2.34. The standard InChI is InChI=1S/C16H18N2O3S/c1-3-18(16(20)12-7-8-22-11-12)10-15(19)17-13-5-4-6-14(9-13)21-2/h4-9,11H,3,10H2,1-2H3,(H,17,19). The molecule has 0 aliphatic carbocycles. The number of carbonyl (C=O) groups is 2. The molecule has 1 aromatic heterocycles. The molecule has 0 aliphatic rings. The molecule has 0 spiro atoms. The van der Waals surface area contributed by atoms with Crippen molar-refractivity contribution in [2.75, 3.05) is 25.5 Å². The molecule has 5 nitrogen and oxygen atoms in total. The van der Waals surface area contributed by atoms with Crippen molar-refractivity contribution in [1.82, 2.24) is 4.90 Å². The van der Waals surface area contributed by atoms with Crippen molar-refractivity contribution < 1.29 is 14.3 Å². The number of carbonyl (C=O) groups excluding carboxylic acids is 2. The van der Waals surface area contributed by atoms with Gasteiger partial charge in [-0.05, 0) is 30.5 Å². The first-order valence-electron chi connectivity index (χ1n) is 6.89. The quantitative estimate of drug-likeness (QED) is 0.891. The van der Waals surface area contributed by atoms with Crippen molar-refractivity contribution in [3.05, 3.63) is 46.7 Å². The van der Waals surface area contributed by atoms with Crippen LogP contribution in [0.15, 0.2) is 41.1 Å². The number of thiophene rings is 1. The Bertz CT molecular complexity index is 641. The number of benzene rings is 1. The number of ether oxygens (including phenoxy) is 1. The molecule has 22 heavy (non-hydrogen) atoms. The van der Waals surface area contributed by atoms with Crippen LogP contribution in [0.4, 0.5) is 5.69 Å². The highest BCUT2D eigenvalue weighted by Gasteiger charge is 2.17. The molecule has 0 atom stereocenters. The average Bonchev–Trinajstić information content (AvgIpc) is 3.06. The minimum atomic E-state index is -0.237. The zero-order valence-corrected chi connectivity index (χ0v) is 13.4. The van der Waals surface area contributed by atoms with Gasteiger partial charge in [0.2, 0.25) is 5.91 Å². The molecule has 1 N–H and O–H groups in total. The Kier molecular flexibility index (Phi) is 5.55. The van der Waals surface area contributed by atoms with E-state index < -0.39 is 0 Å². The lowest BCUT2D eigenvalue weighted by Gasteiger charge is -2.19. The second-order valence-electron chi connectivity index (χ2n) is 4.61. The fraction of sp³-hybridized carbons (Fsp3) is 0.250. The smallest absolute Gasteiger partial charge is 0.255 e. The predicted molar refractivity (Wildman–Crippen MR) is 87.5 cm³/mol. The minimum Gasteiger partial charge on any atom is -0.497 e. The Hall–Kier alpha value is -2.34. The molecule has 1 heterocycles. The molecule has 1 aromatic carbocycles. The van der Waals surface area contributed by atoms with Crippen LogP contribution in [0.25, 0.3) is 0 Å². The summed E-state index contributed by atoms with van der Waals surface area (Å²) in [7, 11) is 1.57. The van der Waals surface area contributed by atoms with Gasteiger partial charge >= 0.3 is 0 Å². The van der Waals surface area contributed by atoms with Crippen molar-refractivity contribution in [2.45, 2.75) is 6.92 Å². The molecule has 0 bridgehead atoms. The van der Waals surface area contributed by atoms with Crippen molar-refractivity contribution in [1.29, 1.82) is 0 Å². The van der Waals surface area contributed by atoms with Crippen LogP contribution in [0, 0.1) is 0 Å². The molecular formula is C16H18N2O3S. The summed E-state index contributed by atoms with van der Waals surface area (Å²) in [6.07, 6.45) is 0. The molecule has 0 unspecified atom stereocenters. The Morgan fingerprint density at radius 3 is 2.77 bits per heavy atom. The molecule has 2 aromatic rings. The Morgan fingerprint density at radius 2 is 2.14 bits per heavy atom. The van der Waals surface area contributed by atoms with Gasteiger partial charge in [-0.15, -0.1) is 0 Å². The largest absolute Gasteiger partial charge is 0.497 e. The molecule has 0 saturated heterocycles. The number of hydrogen-bond donors (Lipinski definition) is 1. The van der Waals surface area contributed by atoms with Gasteiger partial charge in [0, 0.05) is 23.7 Å². The Labute approximate surface area is 133 Å². The van der Waals surface area contributed by atoms with Crippen LogP contribution in [0.3, 0.4) is 0 Å². The monoisotopic (exact) mass is 318 g/mol. The first-order valence-corrected chi connectivity index (χ1v) is 7.83. The average molecular weight is 318 g/mol. The maximum absolute atomic E-state index is 12.3. The van der Waals surface area contributed by atoms with E-state index in [-0.39, 0.29) is 18.4 Å². The maximum Gasteiger partial charge on any atom is 0.255 e. The summed E-state index contributed by atoms with van der Waals surface area (Å²) >= 11 is 1.46. The SMILES string of the molecule is CCN(CC(=O)Nc1cccc(OC)c1)C(=O)c1ccsc1. The molecule has 116 valence electrons. The third kappa shape index (κ3) is 4.08. The fourth-order valence-corrected chi connectivity index (χ4v) is 2.60. The van der Waals surface area contributed by atoms with Gasteiger partial charge in [-0.25, -0.2) is 0 Å². The summed E-state index contributed by atoms with van der Waals surface area (Å²) in [5, 5.41) is 6.40. The van der Waals surface area contributed by atoms with E-state index in [0.29, 0.717) is 23.5 Å². The van der Waals surface area contributed by atoms with Gasteiger partial charge in [-0.1, -0.05) is 6.07 Å². The number of likely N-dealkylation sites (N-methyl/N-ethyl adjacent to an activating group) is 1. The highest BCUT2D eigenvalue weighted by Crippen LogP contribution is 2.16. The third-order valence-electron chi connectivity index (χ3n) is 3.13. The summed E-state index contributed by atoms with van der Waals surface area (Å²) in [6, 6.07) is 8.86. The van der Waals surface area contributed by atoms with Crippen LogP contribution in [0.1, 0.15) is 17.3 Å². The molecule has 6 heteroatoms. The van der Waals surface area contributed by atoms with Gasteiger partial charge in [0.15, 0.2) is 0 Å². The minimum absolute atomic E-state index is 0.0163. The number of anilines is 1. The zero-order valence-electron chi connectivity index (χ0n) is 12.5. The zero-order chi connectivity index (χ0) is 15.9. The van der Waals surface area contributed by atoms with Crippen LogP contribution < -0.4 is 10.1 Å². The van der Waals surface area contributed by atoms with Crippen molar-refractivity contribution in [2.24, 2.45) is 0 Å². The third-order valence-corrected chi connectivity index (χ3v) is 3.81. The highest BCUT2D eigenvalue weighted by atomic mass is 32.1. The van der Waals surface area contributed by atoms with Gasteiger partial charge in [-0.2, -0.15) is 11.3 Å². The van der Waals surface area contributed by atoms with Gasteiger partial charge in [0.25, 0.3) is 5.91 Å². The van der Waals surface area contributed by atoms with Gasteiger partial charge in [-0.3, -0.25) is 9.59 Å². The number of amides is 2. The summed E-state index contributed by atoms with van der Waals surface area (Å²) in [4.78, 5) is 25.9. The topological polar surface area (TPSA) is 58.6 Å². The van der Waals surface area contributed by atoms with Gasteiger partial charge in [0.05, 0.1) is 12.7 Å². The summed E-state index contributed by atoms with van der Waals surface area (Å²) in [5.74, 6) is 0.294. The molecule has 0 fully saturated rings. The van der Waals surface area contributed by atoms with Gasteiger partial charge in [0.1, 0.15) is 12.3 Å². The van der Waals surface area contributed by atoms with E-state index in [1.807, 2.05) is 12.3 Å². The Morgan fingerprint density at radius 1 is 1.32 bits per heavy atom. The van der Waals surface area contributed by atoms with E-state index in [1.54, 1.807) is 42.8 Å². The van der Waals surface area contributed by atoms with Crippen LogP contribution in [-0.2, 0) is 4.79 Å². The van der Waals surface area contributed by atoms with E-state index in [9.17, 15) is 9.59 Å². The second kappa shape index (κ2) is 7.61. The lowest BCUT2D eigenvalue weighted by atomic mass is 10.2. The highest BCUT2D eigenvalue weighted by molar-refractivity contribution is 7.08. The first kappa shape index (κ1) is 16.0. The lowest BCUT2D eigenvalue weighted by molar-refractivity contribution is -0.116. The van der Waals surface area contributed by atoms with E-state index >= 15 is 0 Å². The summed E-state index contributed by atoms with van der Waals surface area (Å²) < 4.78 is 5.11. The second-order valence-corrected chi connectivity index (χ2v) is 5.39. The van der Waals surface area contributed by atoms with E-state index in [1.165, 1.54) is 16.2 Å². The summed E-state index contributed by atoms with van der Waals surface area (Å²) in [5.41, 5.74) is 1.25. The Balaban J connectivity index is 1.98. The molecule has 0 aliphatic heterocycles.